The van der Waals surface area contributed by atoms with Crippen molar-refractivity contribution in [2.24, 2.45) is 5.92 Å². The van der Waals surface area contributed by atoms with Gasteiger partial charge in [-0.25, -0.2) is 0 Å². The zero-order chi connectivity index (χ0) is 22.7. The number of fused-ring (bicyclic) bond motifs is 1. The van der Waals surface area contributed by atoms with E-state index in [1.165, 1.54) is 12.1 Å². The summed E-state index contributed by atoms with van der Waals surface area (Å²) in [6.07, 6.45) is 3.23. The second kappa shape index (κ2) is 9.47. The van der Waals surface area contributed by atoms with Crippen molar-refractivity contribution >= 4 is 29.5 Å². The molecule has 1 aromatic carbocycles. The maximum Gasteiger partial charge on any atom is 0.266 e. The standard InChI is InChI=1S/C22H26N4O6/c27-17-5-4-15(20(29)25-17)26-21(30)14-2-1-3-16(19(14)22(26)31)32-12-18(28)24-11-8-13-6-9-23-10-7-13/h1-3,13,15,23H,4-12H2,(H,24,28)(H,25,27,29). The van der Waals surface area contributed by atoms with Gasteiger partial charge in [-0.05, 0) is 56.8 Å². The van der Waals surface area contributed by atoms with Gasteiger partial charge in [0.15, 0.2) is 6.61 Å². The Morgan fingerprint density at radius 2 is 1.88 bits per heavy atom. The van der Waals surface area contributed by atoms with Crippen LogP contribution in [0.25, 0.3) is 0 Å². The molecule has 3 heterocycles. The summed E-state index contributed by atoms with van der Waals surface area (Å²) >= 11 is 0. The van der Waals surface area contributed by atoms with E-state index in [2.05, 4.69) is 16.0 Å². The van der Waals surface area contributed by atoms with Gasteiger partial charge in [0.1, 0.15) is 11.8 Å². The highest BCUT2D eigenvalue weighted by molar-refractivity contribution is 6.24. The molecule has 0 spiro atoms. The number of nitrogens with one attached hydrogen (secondary N) is 3. The van der Waals surface area contributed by atoms with Crippen molar-refractivity contribution in [3.05, 3.63) is 29.3 Å². The number of hydrogen-bond acceptors (Lipinski definition) is 7. The molecule has 5 amide bonds. The van der Waals surface area contributed by atoms with Crippen molar-refractivity contribution in [2.45, 2.75) is 38.1 Å². The van der Waals surface area contributed by atoms with Crippen LogP contribution in [0.4, 0.5) is 0 Å². The number of imide groups is 2. The van der Waals surface area contributed by atoms with Crippen LogP contribution in [0.15, 0.2) is 18.2 Å². The van der Waals surface area contributed by atoms with Crippen LogP contribution in [-0.2, 0) is 14.4 Å². The molecule has 1 aromatic rings. The van der Waals surface area contributed by atoms with Crippen LogP contribution in [0.1, 0.15) is 52.8 Å². The monoisotopic (exact) mass is 442 g/mol. The van der Waals surface area contributed by atoms with Crippen molar-refractivity contribution in [2.75, 3.05) is 26.2 Å². The van der Waals surface area contributed by atoms with Gasteiger partial charge in [-0.3, -0.25) is 34.2 Å². The number of rotatable bonds is 7. The number of piperidine rings is 2. The number of hydrogen-bond donors (Lipinski definition) is 3. The van der Waals surface area contributed by atoms with E-state index in [0.717, 1.165) is 37.3 Å². The SMILES string of the molecule is O=C(COc1cccc2c1C(=O)N(C1CCC(=O)NC1=O)C2=O)NCCC1CCNCC1. The minimum atomic E-state index is -1.05. The van der Waals surface area contributed by atoms with Crippen molar-refractivity contribution < 1.29 is 28.7 Å². The molecule has 32 heavy (non-hydrogen) atoms. The third-order valence-electron chi connectivity index (χ3n) is 6.12. The van der Waals surface area contributed by atoms with Gasteiger partial charge < -0.3 is 15.4 Å². The molecule has 0 aliphatic carbocycles. The molecule has 3 aliphatic heterocycles. The van der Waals surface area contributed by atoms with E-state index in [9.17, 15) is 24.0 Å². The van der Waals surface area contributed by atoms with Gasteiger partial charge >= 0.3 is 0 Å². The summed E-state index contributed by atoms with van der Waals surface area (Å²) in [6, 6.07) is 3.50. The van der Waals surface area contributed by atoms with Crippen LogP contribution in [0, 0.1) is 5.92 Å². The van der Waals surface area contributed by atoms with Crippen molar-refractivity contribution in [3.8, 4) is 5.75 Å². The van der Waals surface area contributed by atoms with Crippen LogP contribution >= 0.6 is 0 Å². The average Bonchev–Trinajstić information content (AvgIpc) is 3.04. The van der Waals surface area contributed by atoms with E-state index in [4.69, 9.17) is 4.74 Å². The Morgan fingerprint density at radius 1 is 1.09 bits per heavy atom. The molecule has 10 heteroatoms. The Morgan fingerprint density at radius 3 is 2.62 bits per heavy atom. The fourth-order valence-corrected chi connectivity index (χ4v) is 4.38. The largest absolute Gasteiger partial charge is 0.483 e. The highest BCUT2D eigenvalue weighted by Gasteiger charge is 2.46. The lowest BCUT2D eigenvalue weighted by molar-refractivity contribution is -0.136. The van der Waals surface area contributed by atoms with E-state index in [0.29, 0.717) is 12.5 Å². The summed E-state index contributed by atoms with van der Waals surface area (Å²) in [6.45, 7) is 2.27. The van der Waals surface area contributed by atoms with Gasteiger partial charge in [-0.15, -0.1) is 0 Å². The Hall–Kier alpha value is -3.27. The first-order chi connectivity index (χ1) is 15.5. The number of benzene rings is 1. The van der Waals surface area contributed by atoms with Gasteiger partial charge in [0, 0.05) is 13.0 Å². The van der Waals surface area contributed by atoms with E-state index < -0.39 is 29.7 Å². The number of ether oxygens (including phenoxy) is 1. The van der Waals surface area contributed by atoms with Gasteiger partial charge in [0.05, 0.1) is 11.1 Å². The van der Waals surface area contributed by atoms with Gasteiger partial charge in [0.2, 0.25) is 11.8 Å². The summed E-state index contributed by atoms with van der Waals surface area (Å²) in [4.78, 5) is 62.5. The number of amides is 5. The first kappa shape index (κ1) is 21.9. The average molecular weight is 442 g/mol. The fourth-order valence-electron chi connectivity index (χ4n) is 4.38. The van der Waals surface area contributed by atoms with Crippen LogP contribution in [-0.4, -0.2) is 66.7 Å². The van der Waals surface area contributed by atoms with E-state index in [-0.39, 0.29) is 42.2 Å². The van der Waals surface area contributed by atoms with E-state index >= 15 is 0 Å². The van der Waals surface area contributed by atoms with Crippen LogP contribution in [0.5, 0.6) is 5.75 Å². The number of nitrogens with zero attached hydrogens (tertiary/aromatic N) is 1. The van der Waals surface area contributed by atoms with Crippen LogP contribution in [0.2, 0.25) is 0 Å². The lowest BCUT2D eigenvalue weighted by Gasteiger charge is -2.27. The minimum Gasteiger partial charge on any atom is -0.483 e. The second-order valence-electron chi connectivity index (χ2n) is 8.25. The normalized spacial score (nSPS) is 21.4. The quantitative estimate of drug-likeness (QED) is 0.505. The molecule has 0 aromatic heterocycles. The molecular weight excluding hydrogens is 416 g/mol. The highest BCUT2D eigenvalue weighted by atomic mass is 16.5. The highest BCUT2D eigenvalue weighted by Crippen LogP contribution is 2.33. The lowest BCUT2D eigenvalue weighted by Crippen LogP contribution is -2.54. The Kier molecular flexibility index (Phi) is 6.50. The van der Waals surface area contributed by atoms with Crippen LogP contribution in [0.3, 0.4) is 0 Å². The van der Waals surface area contributed by atoms with E-state index in [1.807, 2.05) is 0 Å². The van der Waals surface area contributed by atoms with Gasteiger partial charge in [-0.2, -0.15) is 0 Å². The molecule has 3 N–H and O–H groups in total. The molecule has 2 saturated heterocycles. The predicted octanol–water partition coefficient (Wildman–Crippen LogP) is -0.0275. The molecule has 1 atom stereocenters. The fraction of sp³-hybridized carbons (Fsp3) is 0.500. The van der Waals surface area contributed by atoms with Crippen molar-refractivity contribution in [3.63, 3.8) is 0 Å². The smallest absolute Gasteiger partial charge is 0.266 e. The summed E-state index contributed by atoms with van der Waals surface area (Å²) in [7, 11) is 0. The Bertz CT molecular complexity index is 956. The maximum absolute atomic E-state index is 13.0. The molecule has 3 aliphatic rings. The molecule has 0 saturated carbocycles. The molecule has 0 bridgehead atoms. The number of carbonyl (C=O) groups is 5. The minimum absolute atomic E-state index is 0.0321. The summed E-state index contributed by atoms with van der Waals surface area (Å²) in [5, 5.41) is 8.30. The zero-order valence-electron chi connectivity index (χ0n) is 17.6. The molecule has 1 unspecified atom stereocenters. The first-order valence-corrected chi connectivity index (χ1v) is 10.9. The molecule has 0 radical (unpaired) electrons. The predicted molar refractivity (Wildman–Crippen MR) is 112 cm³/mol. The third-order valence-corrected chi connectivity index (χ3v) is 6.12. The number of carbonyl (C=O) groups excluding carboxylic acids is 5. The van der Waals surface area contributed by atoms with Gasteiger partial charge in [-0.1, -0.05) is 6.07 Å². The summed E-state index contributed by atoms with van der Waals surface area (Å²) in [5.41, 5.74) is 0.147. The van der Waals surface area contributed by atoms with E-state index in [1.54, 1.807) is 6.07 Å². The second-order valence-corrected chi connectivity index (χ2v) is 8.25. The topological polar surface area (TPSA) is 134 Å². The summed E-state index contributed by atoms with van der Waals surface area (Å²) < 4.78 is 5.58. The molecule has 170 valence electrons. The van der Waals surface area contributed by atoms with Crippen molar-refractivity contribution in [1.82, 2.24) is 20.9 Å². The van der Waals surface area contributed by atoms with Crippen LogP contribution < -0.4 is 20.7 Å². The summed E-state index contributed by atoms with van der Waals surface area (Å²) in [5.74, 6) is -1.99. The maximum atomic E-state index is 13.0. The third kappa shape index (κ3) is 4.50. The molecule has 4 rings (SSSR count). The molecule has 2 fully saturated rings. The first-order valence-electron chi connectivity index (χ1n) is 10.9. The van der Waals surface area contributed by atoms with Crippen molar-refractivity contribution in [1.29, 1.82) is 0 Å². The lowest BCUT2D eigenvalue weighted by atomic mass is 9.95. The van der Waals surface area contributed by atoms with Gasteiger partial charge in [0.25, 0.3) is 17.7 Å². The molecular formula is C22H26N4O6. The Balaban J connectivity index is 1.37. The Labute approximate surface area is 185 Å². The zero-order valence-corrected chi connectivity index (χ0v) is 17.6. The molecule has 10 nitrogen and oxygen atoms in total.